The molecule has 110 heavy (non-hydrogen) atoms. The van der Waals surface area contributed by atoms with Gasteiger partial charge in [0.25, 0.3) is 0 Å². The van der Waals surface area contributed by atoms with Gasteiger partial charge in [-0.3, -0.25) is 0 Å². The van der Waals surface area contributed by atoms with Crippen LogP contribution in [0, 0.1) is 0 Å². The Bertz CT molecular complexity index is 1870. The predicted molar refractivity (Wildman–Crippen MR) is 460 cm³/mol. The van der Waals surface area contributed by atoms with Crippen LogP contribution in [0.4, 0.5) is 0 Å². The van der Waals surface area contributed by atoms with Gasteiger partial charge < -0.3 is 127 Å². The molecule has 662 valence electrons. The van der Waals surface area contributed by atoms with Crippen molar-refractivity contribution in [3.05, 3.63) is 0 Å². The Morgan fingerprint density at radius 3 is 0.827 bits per heavy atom. The van der Waals surface area contributed by atoms with E-state index in [4.69, 9.17) is 91.0 Å². The van der Waals surface area contributed by atoms with Crippen LogP contribution in [0.15, 0.2) is 0 Å². The quantitative estimate of drug-likeness (QED) is 0.0864. The van der Waals surface area contributed by atoms with Crippen LogP contribution in [-0.2, 0) is 52.5 Å². The van der Waals surface area contributed by atoms with E-state index >= 15 is 0 Å². The van der Waals surface area contributed by atoms with Crippen molar-refractivity contribution in [1.82, 2.24) is 117 Å². The molecule has 4 heterocycles. The molecule has 0 radical (unpaired) electrons. The van der Waals surface area contributed by atoms with Crippen LogP contribution >= 0.6 is 80.8 Å². The monoisotopic (exact) mass is 1890 g/mol. The van der Waals surface area contributed by atoms with E-state index in [1.807, 2.05) is 14.1 Å². The van der Waals surface area contributed by atoms with Gasteiger partial charge in [0.2, 0.25) is 0 Å². The molecule has 0 amide bonds. The first-order valence-corrected chi connectivity index (χ1v) is 55.7. The molecule has 24 N–H and O–H groups in total. The number of fused-ring (bicyclic) bond motifs is 5. The van der Waals surface area contributed by atoms with Gasteiger partial charge in [-0.25, -0.2) is 0 Å². The number of halogens is 8. The number of hydrogen-bond acceptors (Lipinski definition) is 24. The van der Waals surface area contributed by atoms with Gasteiger partial charge in [-0.1, -0.05) is 70.6 Å². The van der Waals surface area contributed by atoms with Crippen molar-refractivity contribution < 1.29 is 62.7 Å². The summed E-state index contributed by atoms with van der Waals surface area (Å²) in [5.41, 5.74) is 0. The second-order valence-electron chi connectivity index (χ2n) is 30.5. The van der Waals surface area contributed by atoms with Gasteiger partial charge in [0.05, 0.1) is 0 Å². The summed E-state index contributed by atoms with van der Waals surface area (Å²) in [6.07, 6.45) is 34.3. The zero-order valence-electron chi connectivity index (χ0n) is 67.7. The van der Waals surface area contributed by atoms with Crippen molar-refractivity contribution in [2.45, 2.75) is 271 Å². The molecule has 5 aliphatic carbocycles. The maximum atomic E-state index is 9.15. The minimum atomic E-state index is 0.00694. The van der Waals surface area contributed by atoms with Gasteiger partial charge in [0, 0.05) is 274 Å². The van der Waals surface area contributed by atoms with Crippen molar-refractivity contribution in [3.63, 3.8) is 0 Å². The summed E-state index contributed by atoms with van der Waals surface area (Å²) < 4.78 is 0. The van der Waals surface area contributed by atoms with Crippen LogP contribution in [0.1, 0.15) is 180 Å². The first-order chi connectivity index (χ1) is 54.1. The Labute approximate surface area is 728 Å². The molecule has 4 aliphatic heterocycles. The summed E-state index contributed by atoms with van der Waals surface area (Å²) in [4.78, 5) is 0. The van der Waals surface area contributed by atoms with Crippen molar-refractivity contribution in [1.29, 1.82) is 0 Å². The number of hydrogen-bond donors (Lipinski definition) is 24. The molecule has 5 saturated carbocycles. The summed E-state index contributed by atoms with van der Waals surface area (Å²) >= 11 is 0.0278. The number of rotatable bonds is 13. The molecule has 9 aliphatic rings. The molecule has 0 bridgehead atoms. The Morgan fingerprint density at radius 2 is 0.527 bits per heavy atom. The number of nitrogens with one attached hydrogen (secondary N) is 22. The maximum absolute atomic E-state index is 9.15. The third kappa shape index (κ3) is 59.3. The second kappa shape index (κ2) is 82.1. The third-order valence-corrected chi connectivity index (χ3v) is 22.4. The van der Waals surface area contributed by atoms with Crippen molar-refractivity contribution >= 4 is 80.8 Å². The van der Waals surface area contributed by atoms with Gasteiger partial charge in [0.15, 0.2) is 0 Å². The molecule has 0 aromatic heterocycles. The van der Waals surface area contributed by atoms with E-state index in [-0.39, 0.29) is 65.7 Å². The van der Waals surface area contributed by atoms with E-state index < -0.39 is 0 Å². The number of unbranched alkanes of at least 4 members (excludes halogenated alkanes) is 1. The first-order valence-electron chi connectivity index (χ1n) is 42.7. The van der Waals surface area contributed by atoms with Crippen molar-refractivity contribution in [3.8, 4) is 0 Å². The molecule has 4 saturated heterocycles. The Morgan fingerprint density at radius 1 is 0.273 bits per heavy atom. The van der Waals surface area contributed by atoms with Crippen molar-refractivity contribution in [2.24, 2.45) is 0 Å². The molecule has 0 spiro atoms. The summed E-state index contributed by atoms with van der Waals surface area (Å²) in [6, 6.07) is 8.72. The first kappa shape index (κ1) is 110. The fraction of sp³-hybridized carbons (Fsp3) is 1.00. The fourth-order valence-corrected chi connectivity index (χ4v) is 16.7. The average Bonchev–Trinajstić information content (AvgIpc) is 1.15. The van der Waals surface area contributed by atoms with Crippen LogP contribution in [0.3, 0.4) is 0 Å². The van der Waals surface area contributed by atoms with Crippen LogP contribution in [0.5, 0.6) is 0 Å². The minimum absolute atomic E-state index is 0.00694. The molecule has 0 aromatic carbocycles. The number of aliphatic hydroxyl groups is 2. The molecule has 15 atom stereocenters. The van der Waals surface area contributed by atoms with E-state index in [9.17, 15) is 0 Å². The molecule has 24 nitrogen and oxygen atoms in total. The van der Waals surface area contributed by atoms with Crippen LogP contribution in [0.25, 0.3) is 0 Å². The standard InChI is InChI=1S/C21H47N7.C19H39N5.C18H37N5.C16H37N5O2.8ClH.4Mn/c1-22-10-6-5-7-18-16-28-21-9-4-3-8-20(21)26-14-12-24-11-13-25-19(15-23-2)17-27-18;1-15-14-24-19-9-5-4-8-18(19)23-13-12-22-17-7-3-2-6-16(17)21-11-10-20-15;1-3-7-17-15(5-1)20-11-9-19-10-12-21-16-6-2-4-8-18(16)23-14-13-22-17;22-13-1-3-15-16(4-2-14-23)21-12-10-19-8-6-17-5-7-18-9-11-20-15;;;;;;;;;;;;/h18-28H,3-17H2,1-2H3;15-24H,2-14H2,1H3;2*15-23H,1-14H2;8*1H;;;;/q;;;;;;;;;;;;4*+2/p-8/t18?,19-,20?,21?;15-,16+,17+,18?,19?;15-,16?,17-,18?;;;;;;;;;;;;;/m001............./s1. The van der Waals surface area contributed by atoms with Crippen molar-refractivity contribution in [2.75, 3.05) is 204 Å². The van der Waals surface area contributed by atoms with Gasteiger partial charge in [-0.15, -0.1) is 0 Å². The number of likely N-dealkylation sites (N-methyl/N-ethyl adjacent to an activating group) is 1. The van der Waals surface area contributed by atoms with Gasteiger partial charge in [-0.2, -0.15) is 0 Å². The molecule has 9 unspecified atom stereocenters. The van der Waals surface area contributed by atoms with Crippen LogP contribution in [-0.4, -0.2) is 305 Å². The van der Waals surface area contributed by atoms with E-state index in [0.717, 1.165) is 202 Å². The molecule has 36 heteroatoms. The molecular formula is C74H160Cl8Mn4N22O2. The molecular weight excluding hydrogens is 1730 g/mol. The Kier molecular flexibility index (Phi) is 81.7. The molecule has 0 aromatic rings. The zero-order valence-corrected chi connectivity index (χ0v) is 78.5. The Hall–Kier alpha value is 3.44. The SMILES string of the molecule is C1CCC2NCCN[C@@H]3CCCC[C@H]3NCCNCCNC2C1.CNCCCCC1CNC2CCCCC2NCCNCCN[C@@H](CNC)CN1.C[C@H]1CNC2CCCCC2NCCN[C@@H]2CCCC[C@H]2NCCN1.OCCCC1NCCNCCNCCNCCNC1CCCO.[Cl][Mn][Cl].[Cl][Mn][Cl].[Cl][Mn][Cl].[Cl][Mn][Cl]. The number of aliphatic hydroxyl groups excluding tert-OH is 2. The summed E-state index contributed by atoms with van der Waals surface area (Å²) in [5, 5.41) is 99.1. The fourth-order valence-electron chi connectivity index (χ4n) is 16.7. The zero-order chi connectivity index (χ0) is 79.6. The van der Waals surface area contributed by atoms with E-state index in [1.54, 1.807) is 0 Å². The predicted octanol–water partition coefficient (Wildman–Crippen LogP) is 4.87. The van der Waals surface area contributed by atoms with Crippen LogP contribution in [0.2, 0.25) is 0 Å². The summed E-state index contributed by atoms with van der Waals surface area (Å²) in [7, 11) is 42.4. The van der Waals surface area contributed by atoms with E-state index in [1.165, 1.54) is 148 Å². The Balaban J connectivity index is 0.000000475. The van der Waals surface area contributed by atoms with E-state index in [0.29, 0.717) is 90.6 Å². The van der Waals surface area contributed by atoms with Crippen LogP contribution < -0.4 is 117 Å². The third-order valence-electron chi connectivity index (χ3n) is 22.4. The van der Waals surface area contributed by atoms with Gasteiger partial charge in [-0.05, 0) is 130 Å². The molecule has 9 rings (SSSR count). The average molecular weight is 1890 g/mol. The van der Waals surface area contributed by atoms with Gasteiger partial charge in [0.1, 0.15) is 0 Å². The topological polar surface area (TPSA) is 305 Å². The van der Waals surface area contributed by atoms with Gasteiger partial charge >= 0.3 is 133 Å². The summed E-state index contributed by atoms with van der Waals surface area (Å²) in [5.74, 6) is 0. The summed E-state index contributed by atoms with van der Waals surface area (Å²) in [6.45, 7) is 30.8. The second-order valence-corrected chi connectivity index (χ2v) is 38.3. The normalized spacial score (nSPS) is 31.1. The molecule has 9 fully saturated rings. The van der Waals surface area contributed by atoms with E-state index in [2.05, 4.69) is 124 Å².